The molecule has 0 aromatic heterocycles. The van der Waals surface area contributed by atoms with Crippen molar-refractivity contribution in [2.45, 2.75) is 18.4 Å². The number of rotatable bonds is 0. The molecule has 1 atom stereocenters. The molecule has 2 aliphatic rings. The molecule has 2 saturated heterocycles. The Labute approximate surface area is 49.2 Å². The smallest absolute Gasteiger partial charge is 0.0660 e. The lowest BCUT2D eigenvalue weighted by Crippen LogP contribution is -2.28. The highest BCUT2D eigenvalue weighted by Gasteiger charge is 2.43. The van der Waals surface area contributed by atoms with Crippen molar-refractivity contribution in [1.29, 1.82) is 0 Å². The Kier molecular flexibility index (Phi) is 0.866. The summed E-state index contributed by atoms with van der Waals surface area (Å²) in [5, 5.41) is 3.32. The van der Waals surface area contributed by atoms with E-state index in [0.717, 1.165) is 13.2 Å². The summed E-state index contributed by atoms with van der Waals surface area (Å²) in [6.45, 7) is 3.11. The highest BCUT2D eigenvalue weighted by Crippen LogP contribution is 2.26. The van der Waals surface area contributed by atoms with Gasteiger partial charge in [-0.15, -0.1) is 0 Å². The summed E-state index contributed by atoms with van der Waals surface area (Å²) in [5.41, 5.74) is 0.457. The van der Waals surface area contributed by atoms with E-state index >= 15 is 0 Å². The Morgan fingerprint density at radius 3 is 2.75 bits per heavy atom. The summed E-state index contributed by atoms with van der Waals surface area (Å²) in [6.07, 6.45) is 2.57. The van der Waals surface area contributed by atoms with Gasteiger partial charge in [0, 0.05) is 13.2 Å². The number of hydrogen-bond donors (Lipinski definition) is 1. The standard InChI is InChI=1S/C6H11NO/c1-2-6(4-7-6)5-8-3-1/h7H,1-5H2. The molecule has 0 amide bonds. The first-order valence-electron chi connectivity index (χ1n) is 3.24. The lowest BCUT2D eigenvalue weighted by molar-refractivity contribution is 0.0712. The minimum atomic E-state index is 0.457. The summed E-state index contributed by atoms with van der Waals surface area (Å²) < 4.78 is 5.28. The van der Waals surface area contributed by atoms with E-state index in [0.29, 0.717) is 5.54 Å². The predicted octanol–water partition coefficient (Wildman–Crippen LogP) is 0.139. The van der Waals surface area contributed by atoms with Crippen molar-refractivity contribution in [2.75, 3.05) is 19.8 Å². The Morgan fingerprint density at radius 2 is 2.38 bits per heavy atom. The molecule has 2 fully saturated rings. The van der Waals surface area contributed by atoms with Gasteiger partial charge >= 0.3 is 0 Å². The van der Waals surface area contributed by atoms with Crippen molar-refractivity contribution < 1.29 is 4.74 Å². The van der Waals surface area contributed by atoms with Gasteiger partial charge in [-0.25, -0.2) is 0 Å². The van der Waals surface area contributed by atoms with Gasteiger partial charge in [0.2, 0.25) is 0 Å². The van der Waals surface area contributed by atoms with Crippen LogP contribution in [0.4, 0.5) is 0 Å². The zero-order valence-corrected chi connectivity index (χ0v) is 4.94. The van der Waals surface area contributed by atoms with Gasteiger partial charge in [0.05, 0.1) is 12.1 Å². The van der Waals surface area contributed by atoms with Crippen LogP contribution in [0.5, 0.6) is 0 Å². The fraction of sp³-hybridized carbons (Fsp3) is 1.00. The van der Waals surface area contributed by atoms with E-state index in [9.17, 15) is 0 Å². The summed E-state index contributed by atoms with van der Waals surface area (Å²) in [4.78, 5) is 0. The fourth-order valence-electron chi connectivity index (χ4n) is 1.26. The highest BCUT2D eigenvalue weighted by molar-refractivity contribution is 5.04. The van der Waals surface area contributed by atoms with Crippen molar-refractivity contribution in [3.8, 4) is 0 Å². The van der Waals surface area contributed by atoms with Crippen LogP contribution in [0.1, 0.15) is 12.8 Å². The third-order valence-corrected chi connectivity index (χ3v) is 2.00. The van der Waals surface area contributed by atoms with Crippen LogP contribution in [-0.2, 0) is 4.74 Å². The third kappa shape index (κ3) is 0.644. The second-order valence-electron chi connectivity index (χ2n) is 2.79. The van der Waals surface area contributed by atoms with E-state index in [1.54, 1.807) is 0 Å². The van der Waals surface area contributed by atoms with Crippen LogP contribution in [0.2, 0.25) is 0 Å². The number of hydrogen-bond acceptors (Lipinski definition) is 2. The highest BCUT2D eigenvalue weighted by atomic mass is 16.5. The van der Waals surface area contributed by atoms with E-state index in [-0.39, 0.29) is 0 Å². The second kappa shape index (κ2) is 1.45. The van der Waals surface area contributed by atoms with E-state index in [1.807, 2.05) is 0 Å². The van der Waals surface area contributed by atoms with Gasteiger partial charge in [-0.1, -0.05) is 0 Å². The molecular formula is C6H11NO. The van der Waals surface area contributed by atoms with E-state index in [2.05, 4.69) is 5.32 Å². The maximum Gasteiger partial charge on any atom is 0.0660 e. The normalized spacial score (nSPS) is 45.0. The Balaban J connectivity index is 1.95. The molecule has 1 unspecified atom stereocenters. The van der Waals surface area contributed by atoms with Crippen LogP contribution in [0.25, 0.3) is 0 Å². The van der Waals surface area contributed by atoms with Crippen LogP contribution in [0, 0.1) is 0 Å². The first-order chi connectivity index (χ1) is 3.91. The Morgan fingerprint density at radius 1 is 1.50 bits per heavy atom. The van der Waals surface area contributed by atoms with Crippen molar-refractivity contribution >= 4 is 0 Å². The van der Waals surface area contributed by atoms with Gasteiger partial charge < -0.3 is 10.1 Å². The van der Waals surface area contributed by atoms with Crippen LogP contribution in [0.3, 0.4) is 0 Å². The zero-order valence-electron chi connectivity index (χ0n) is 4.94. The quantitative estimate of drug-likeness (QED) is 0.453. The van der Waals surface area contributed by atoms with Crippen LogP contribution < -0.4 is 5.32 Å². The maximum atomic E-state index is 5.28. The van der Waals surface area contributed by atoms with Gasteiger partial charge in [0.1, 0.15) is 0 Å². The number of nitrogens with one attached hydrogen (secondary N) is 1. The Bertz CT molecular complexity index is 90.7. The van der Waals surface area contributed by atoms with E-state index in [1.165, 1.54) is 19.4 Å². The largest absolute Gasteiger partial charge is 0.379 e. The molecular weight excluding hydrogens is 102 g/mol. The molecule has 2 rings (SSSR count). The summed E-state index contributed by atoms with van der Waals surface area (Å²) in [5.74, 6) is 0. The van der Waals surface area contributed by atoms with Crippen LogP contribution >= 0.6 is 0 Å². The SMILES string of the molecule is C1COCC2(C1)CN2. The van der Waals surface area contributed by atoms with Crippen LogP contribution in [0.15, 0.2) is 0 Å². The monoisotopic (exact) mass is 113 g/mol. The molecule has 2 aliphatic heterocycles. The molecule has 2 heteroatoms. The van der Waals surface area contributed by atoms with Gasteiger partial charge in [-0.2, -0.15) is 0 Å². The van der Waals surface area contributed by atoms with E-state index in [4.69, 9.17) is 4.74 Å². The third-order valence-electron chi connectivity index (χ3n) is 2.00. The molecule has 2 heterocycles. The molecule has 0 aromatic carbocycles. The molecule has 1 N–H and O–H groups in total. The van der Waals surface area contributed by atoms with Crippen molar-refractivity contribution in [1.82, 2.24) is 5.32 Å². The van der Waals surface area contributed by atoms with Gasteiger partial charge in [-0.05, 0) is 12.8 Å². The first-order valence-corrected chi connectivity index (χ1v) is 3.24. The molecule has 2 nitrogen and oxygen atoms in total. The van der Waals surface area contributed by atoms with Crippen LogP contribution in [-0.4, -0.2) is 25.3 Å². The average molecular weight is 113 g/mol. The fourth-order valence-corrected chi connectivity index (χ4v) is 1.26. The zero-order chi connectivity index (χ0) is 5.45. The number of ether oxygens (including phenoxy) is 1. The van der Waals surface area contributed by atoms with E-state index < -0.39 is 0 Å². The maximum absolute atomic E-state index is 5.28. The minimum absolute atomic E-state index is 0.457. The average Bonchev–Trinajstić information content (AvgIpc) is 2.52. The summed E-state index contributed by atoms with van der Waals surface area (Å²) in [7, 11) is 0. The van der Waals surface area contributed by atoms with Gasteiger partial charge in [0.25, 0.3) is 0 Å². The predicted molar refractivity (Wildman–Crippen MR) is 30.8 cm³/mol. The second-order valence-corrected chi connectivity index (χ2v) is 2.79. The lowest BCUT2D eigenvalue weighted by atomic mass is 10.0. The van der Waals surface area contributed by atoms with Crippen molar-refractivity contribution in [3.05, 3.63) is 0 Å². The van der Waals surface area contributed by atoms with Gasteiger partial charge in [-0.3, -0.25) is 0 Å². The topological polar surface area (TPSA) is 31.2 Å². The minimum Gasteiger partial charge on any atom is -0.379 e. The van der Waals surface area contributed by atoms with Crippen molar-refractivity contribution in [3.63, 3.8) is 0 Å². The summed E-state index contributed by atoms with van der Waals surface area (Å²) in [6, 6.07) is 0. The Hall–Kier alpha value is -0.0800. The molecule has 8 heavy (non-hydrogen) atoms. The molecule has 46 valence electrons. The molecule has 0 radical (unpaired) electrons. The molecule has 0 aromatic rings. The lowest BCUT2D eigenvalue weighted by Gasteiger charge is -2.18. The molecule has 0 saturated carbocycles. The van der Waals surface area contributed by atoms with Crippen molar-refractivity contribution in [2.24, 2.45) is 0 Å². The first kappa shape index (κ1) is 4.77. The van der Waals surface area contributed by atoms with Gasteiger partial charge in [0.15, 0.2) is 0 Å². The molecule has 1 spiro atoms. The molecule has 0 bridgehead atoms. The summed E-state index contributed by atoms with van der Waals surface area (Å²) >= 11 is 0. The molecule has 0 aliphatic carbocycles.